The molecule has 47 heavy (non-hydrogen) atoms. The van der Waals surface area contributed by atoms with Gasteiger partial charge < -0.3 is 30.6 Å². The number of nitrogens with one attached hydrogen (secondary N) is 4. The summed E-state index contributed by atoms with van der Waals surface area (Å²) in [6.07, 6.45) is 3.52. The van der Waals surface area contributed by atoms with E-state index >= 15 is 0 Å². The largest absolute Gasteiger partial charge is 0.444 e. The lowest BCUT2D eigenvalue weighted by Crippen LogP contribution is -2.59. The van der Waals surface area contributed by atoms with Crippen molar-refractivity contribution in [2.24, 2.45) is 5.92 Å². The number of anilines is 1. The molecule has 0 radical (unpaired) electrons. The summed E-state index contributed by atoms with van der Waals surface area (Å²) in [5.74, 6) is -0.503. The van der Waals surface area contributed by atoms with Gasteiger partial charge in [0.25, 0.3) is 0 Å². The van der Waals surface area contributed by atoms with Crippen LogP contribution in [0.25, 0.3) is 0 Å². The number of nitrogens with zero attached hydrogens (tertiary/aromatic N) is 2. The Morgan fingerprint density at radius 1 is 0.957 bits per heavy atom. The van der Waals surface area contributed by atoms with Crippen LogP contribution in [0.4, 0.5) is 10.6 Å². The van der Waals surface area contributed by atoms with Gasteiger partial charge in [-0.3, -0.25) is 14.4 Å². The van der Waals surface area contributed by atoms with E-state index in [0.717, 1.165) is 24.0 Å². The van der Waals surface area contributed by atoms with Gasteiger partial charge in [0.1, 0.15) is 28.9 Å². The predicted molar refractivity (Wildman–Crippen MR) is 181 cm³/mol. The van der Waals surface area contributed by atoms with Crippen LogP contribution in [0.3, 0.4) is 0 Å². The van der Waals surface area contributed by atoms with Crippen molar-refractivity contribution < 1.29 is 23.9 Å². The Kier molecular flexibility index (Phi) is 11.4. The second kappa shape index (κ2) is 15.3. The lowest BCUT2D eigenvalue weighted by molar-refractivity contribution is -0.133. The number of aryl methyl sites for hydroxylation is 1. The molecule has 4 rings (SSSR count). The van der Waals surface area contributed by atoms with Crippen LogP contribution in [0.1, 0.15) is 83.7 Å². The van der Waals surface area contributed by atoms with Crippen LogP contribution in [0.15, 0.2) is 66.9 Å². The number of benzene rings is 2. The number of amides is 4. The second-order valence-corrected chi connectivity index (χ2v) is 13.8. The molecule has 11 nitrogen and oxygen atoms in total. The molecule has 3 aromatic rings. The molecule has 1 aliphatic rings. The lowest BCUT2D eigenvalue weighted by atomic mass is 9.93. The Morgan fingerprint density at radius 2 is 1.57 bits per heavy atom. The number of piperidine rings is 1. The van der Waals surface area contributed by atoms with Crippen molar-refractivity contribution >= 4 is 29.6 Å². The van der Waals surface area contributed by atoms with E-state index in [1.165, 1.54) is 0 Å². The summed E-state index contributed by atoms with van der Waals surface area (Å²) in [6, 6.07) is 18.2. The molecule has 2 atom stereocenters. The Labute approximate surface area is 277 Å². The van der Waals surface area contributed by atoms with Gasteiger partial charge in [0.15, 0.2) is 5.82 Å². The molecule has 1 aromatic heterocycles. The third-order valence-corrected chi connectivity index (χ3v) is 8.16. The zero-order valence-electron chi connectivity index (χ0n) is 28.3. The first-order chi connectivity index (χ1) is 22.2. The summed E-state index contributed by atoms with van der Waals surface area (Å²) in [5, 5.41) is 8.23. The summed E-state index contributed by atoms with van der Waals surface area (Å²) in [5.41, 5.74) is -0.309. The Balaban J connectivity index is 1.52. The topological polar surface area (TPSA) is 146 Å². The molecule has 1 aliphatic heterocycles. The summed E-state index contributed by atoms with van der Waals surface area (Å²) in [4.78, 5) is 63.0. The van der Waals surface area contributed by atoms with Crippen molar-refractivity contribution in [2.75, 3.05) is 18.4 Å². The van der Waals surface area contributed by atoms with Crippen LogP contribution in [0, 0.1) is 5.92 Å². The quantitative estimate of drug-likeness (QED) is 0.227. The van der Waals surface area contributed by atoms with Crippen LogP contribution in [-0.2, 0) is 25.5 Å². The number of ether oxygens (including phenoxy) is 1. The molecule has 4 N–H and O–H groups in total. The SMILES string of the molecule is CC1CCN(C(=O)C(c2ccccc2)c2nc(NC(=O)[C@@H](CCc3ccccc3)NC(=O)C(C)(C)NC(=O)OC(C)(C)C)c[nH]2)CC1. The van der Waals surface area contributed by atoms with Gasteiger partial charge >= 0.3 is 6.09 Å². The lowest BCUT2D eigenvalue weighted by Gasteiger charge is -2.32. The molecule has 0 bridgehead atoms. The fourth-order valence-corrected chi connectivity index (χ4v) is 5.42. The van der Waals surface area contributed by atoms with E-state index < -0.39 is 41.0 Å². The molecule has 2 aromatic carbocycles. The van der Waals surface area contributed by atoms with Gasteiger partial charge in [-0.25, -0.2) is 9.78 Å². The Morgan fingerprint density at radius 3 is 2.19 bits per heavy atom. The van der Waals surface area contributed by atoms with E-state index in [9.17, 15) is 19.2 Å². The number of rotatable bonds is 11. The van der Waals surface area contributed by atoms with Gasteiger partial charge in [0.05, 0.1) is 0 Å². The Hall–Kier alpha value is -4.67. The number of aromatic amines is 1. The van der Waals surface area contributed by atoms with Crippen LogP contribution < -0.4 is 16.0 Å². The first kappa shape index (κ1) is 35.2. The molecule has 252 valence electrons. The zero-order valence-corrected chi connectivity index (χ0v) is 28.3. The highest BCUT2D eigenvalue weighted by molar-refractivity contribution is 5.98. The van der Waals surface area contributed by atoms with Crippen LogP contribution >= 0.6 is 0 Å². The molecule has 1 unspecified atom stereocenters. The number of hydrogen-bond acceptors (Lipinski definition) is 6. The molecular formula is C36H48N6O5. The summed E-state index contributed by atoms with van der Waals surface area (Å²) >= 11 is 0. The molecule has 1 fully saturated rings. The van der Waals surface area contributed by atoms with Gasteiger partial charge in [0, 0.05) is 19.3 Å². The average Bonchev–Trinajstić information content (AvgIpc) is 3.46. The van der Waals surface area contributed by atoms with E-state index in [-0.39, 0.29) is 11.7 Å². The number of hydrogen-bond donors (Lipinski definition) is 4. The maximum Gasteiger partial charge on any atom is 0.408 e. The molecule has 2 heterocycles. The number of carbonyl (C=O) groups is 4. The van der Waals surface area contributed by atoms with Gasteiger partial charge in [-0.05, 0) is 77.3 Å². The minimum Gasteiger partial charge on any atom is -0.444 e. The van der Waals surface area contributed by atoms with Gasteiger partial charge in [-0.2, -0.15) is 0 Å². The van der Waals surface area contributed by atoms with E-state index in [2.05, 4.69) is 32.8 Å². The number of alkyl carbamates (subject to hydrolysis) is 1. The van der Waals surface area contributed by atoms with Crippen molar-refractivity contribution in [1.82, 2.24) is 25.5 Å². The van der Waals surface area contributed by atoms with E-state index in [4.69, 9.17) is 4.74 Å². The molecule has 4 amide bonds. The summed E-state index contributed by atoms with van der Waals surface area (Å²) < 4.78 is 5.33. The number of likely N-dealkylation sites (tertiary alicyclic amines) is 1. The van der Waals surface area contributed by atoms with Crippen molar-refractivity contribution in [3.63, 3.8) is 0 Å². The first-order valence-electron chi connectivity index (χ1n) is 16.3. The van der Waals surface area contributed by atoms with Crippen molar-refractivity contribution in [3.8, 4) is 0 Å². The number of H-pyrrole nitrogens is 1. The predicted octanol–water partition coefficient (Wildman–Crippen LogP) is 5.16. The number of imidazole rings is 1. The summed E-state index contributed by atoms with van der Waals surface area (Å²) in [6.45, 7) is 11.9. The van der Waals surface area contributed by atoms with Crippen molar-refractivity contribution in [2.45, 2.75) is 90.3 Å². The fourth-order valence-electron chi connectivity index (χ4n) is 5.42. The molecule has 1 saturated heterocycles. The normalized spacial score (nSPS) is 15.3. The maximum absolute atomic E-state index is 13.8. The third kappa shape index (κ3) is 10.2. The second-order valence-electron chi connectivity index (χ2n) is 13.8. The molecule has 11 heteroatoms. The van der Waals surface area contributed by atoms with Crippen LogP contribution in [0.5, 0.6) is 0 Å². The standard InChI is InChI=1S/C36H48N6O5/c1-24-19-21-42(22-20-24)32(44)29(26-15-11-8-12-16-26)30-37-23-28(39-30)40-31(43)27(18-17-25-13-9-7-10-14-25)38-33(45)36(5,6)41-34(46)47-35(2,3)4/h7-16,23-24,27,29H,17-22H2,1-6H3,(H,37,39)(H,38,45)(H,40,43)(H,41,46)/t27-,29?/m1/s1. The monoisotopic (exact) mass is 644 g/mol. The molecule has 0 saturated carbocycles. The molecule has 0 spiro atoms. The highest BCUT2D eigenvalue weighted by atomic mass is 16.6. The fraction of sp³-hybridized carbons (Fsp3) is 0.472. The first-order valence-corrected chi connectivity index (χ1v) is 16.3. The highest BCUT2D eigenvalue weighted by Crippen LogP contribution is 2.28. The minimum atomic E-state index is -1.37. The van der Waals surface area contributed by atoms with Crippen LogP contribution in [-0.4, -0.2) is 69.0 Å². The minimum absolute atomic E-state index is 0.0388. The maximum atomic E-state index is 13.8. The smallest absolute Gasteiger partial charge is 0.408 e. The van der Waals surface area contributed by atoms with E-state index in [0.29, 0.717) is 37.7 Å². The Bertz CT molecular complexity index is 1510. The molecular weight excluding hydrogens is 596 g/mol. The third-order valence-electron chi connectivity index (χ3n) is 8.16. The average molecular weight is 645 g/mol. The van der Waals surface area contributed by atoms with Gasteiger partial charge in [-0.1, -0.05) is 67.6 Å². The van der Waals surface area contributed by atoms with Crippen molar-refractivity contribution in [3.05, 3.63) is 83.8 Å². The van der Waals surface area contributed by atoms with Crippen molar-refractivity contribution in [1.29, 1.82) is 0 Å². The summed E-state index contributed by atoms with van der Waals surface area (Å²) in [7, 11) is 0. The number of carbonyl (C=O) groups excluding carboxylic acids is 4. The molecule has 0 aliphatic carbocycles. The van der Waals surface area contributed by atoms with Gasteiger partial charge in [-0.15, -0.1) is 0 Å². The number of aromatic nitrogens is 2. The zero-order chi connectivity index (χ0) is 34.2. The van der Waals surface area contributed by atoms with E-state index in [1.54, 1.807) is 40.8 Å². The van der Waals surface area contributed by atoms with E-state index in [1.807, 2.05) is 65.6 Å². The highest BCUT2D eigenvalue weighted by Gasteiger charge is 2.35. The van der Waals surface area contributed by atoms with Crippen LogP contribution in [0.2, 0.25) is 0 Å². The van der Waals surface area contributed by atoms with Gasteiger partial charge in [0.2, 0.25) is 17.7 Å².